The van der Waals surface area contributed by atoms with Gasteiger partial charge >= 0.3 is 6.03 Å². The molecule has 2 aromatic rings. The van der Waals surface area contributed by atoms with Crippen LogP contribution in [0, 0.1) is 0 Å². The Balaban J connectivity index is 1.89. The second-order valence-electron chi connectivity index (χ2n) is 4.06. The van der Waals surface area contributed by atoms with Gasteiger partial charge in [0.1, 0.15) is 0 Å². The molecule has 6 heteroatoms. The van der Waals surface area contributed by atoms with E-state index in [0.717, 1.165) is 11.1 Å². The Morgan fingerprint density at radius 3 is 3.00 bits per heavy atom. The topological polar surface area (TPSA) is 50.2 Å². The van der Waals surface area contributed by atoms with Crippen LogP contribution in [0.25, 0.3) is 5.57 Å². The Labute approximate surface area is 108 Å². The predicted octanol–water partition coefficient (Wildman–Crippen LogP) is 2.05. The Bertz CT molecular complexity index is 599. The van der Waals surface area contributed by atoms with Gasteiger partial charge in [-0.3, -0.25) is 9.58 Å². The molecule has 92 valence electrons. The number of thiophene rings is 1. The van der Waals surface area contributed by atoms with Crippen molar-refractivity contribution in [3.63, 3.8) is 0 Å². The number of hydrogen-bond donors (Lipinski definition) is 1. The van der Waals surface area contributed by atoms with Gasteiger partial charge in [-0.25, -0.2) is 4.79 Å². The first kappa shape index (κ1) is 11.0. The van der Waals surface area contributed by atoms with Gasteiger partial charge in [0.2, 0.25) is 0 Å². The minimum absolute atomic E-state index is 0.146. The fourth-order valence-corrected chi connectivity index (χ4v) is 2.55. The maximum absolute atomic E-state index is 11.8. The van der Waals surface area contributed by atoms with E-state index in [9.17, 15) is 4.79 Å². The SMILES string of the molecule is Cn1ccc(N2CC(c3ccsc3)=CNC2=O)n1. The molecule has 0 saturated heterocycles. The first-order valence-corrected chi connectivity index (χ1v) is 6.47. The van der Waals surface area contributed by atoms with Crippen LogP contribution in [0.2, 0.25) is 0 Å². The standard InChI is InChI=1S/C12H12N4OS/c1-15-4-2-11(14-15)16-7-10(6-13-12(16)17)9-3-5-18-8-9/h2-6,8H,7H2,1H3,(H,13,17). The molecular formula is C12H12N4OS. The smallest absolute Gasteiger partial charge is 0.314 e. The third-order valence-electron chi connectivity index (χ3n) is 2.81. The number of amides is 2. The third-order valence-corrected chi connectivity index (χ3v) is 3.49. The van der Waals surface area contributed by atoms with Crippen molar-refractivity contribution in [2.24, 2.45) is 7.05 Å². The molecule has 1 N–H and O–H groups in total. The van der Waals surface area contributed by atoms with Crippen molar-refractivity contribution in [1.29, 1.82) is 0 Å². The highest BCUT2D eigenvalue weighted by Gasteiger charge is 2.23. The number of anilines is 1. The molecule has 0 spiro atoms. The molecule has 18 heavy (non-hydrogen) atoms. The summed E-state index contributed by atoms with van der Waals surface area (Å²) in [5.41, 5.74) is 2.22. The van der Waals surface area contributed by atoms with E-state index < -0.39 is 0 Å². The Kier molecular flexibility index (Phi) is 2.64. The van der Waals surface area contributed by atoms with Gasteiger partial charge in [-0.05, 0) is 28.0 Å². The molecule has 3 heterocycles. The number of nitrogens with one attached hydrogen (secondary N) is 1. The zero-order valence-corrected chi connectivity index (χ0v) is 10.6. The molecule has 0 unspecified atom stereocenters. The van der Waals surface area contributed by atoms with Gasteiger partial charge in [0.15, 0.2) is 5.82 Å². The van der Waals surface area contributed by atoms with Gasteiger partial charge in [0, 0.05) is 25.5 Å². The van der Waals surface area contributed by atoms with Gasteiger partial charge in [0.25, 0.3) is 0 Å². The number of carbonyl (C=O) groups excluding carboxylic acids is 1. The molecule has 0 saturated carbocycles. The molecule has 1 aliphatic rings. The number of carbonyl (C=O) groups is 1. The van der Waals surface area contributed by atoms with E-state index in [0.29, 0.717) is 12.4 Å². The molecular weight excluding hydrogens is 248 g/mol. The van der Waals surface area contributed by atoms with E-state index in [-0.39, 0.29) is 6.03 Å². The highest BCUT2D eigenvalue weighted by Crippen LogP contribution is 2.23. The number of nitrogens with zero attached hydrogens (tertiary/aromatic N) is 3. The van der Waals surface area contributed by atoms with Crippen LogP contribution >= 0.6 is 11.3 Å². The van der Waals surface area contributed by atoms with Crippen LogP contribution in [0.5, 0.6) is 0 Å². The van der Waals surface area contributed by atoms with E-state index in [1.807, 2.05) is 30.8 Å². The fraction of sp³-hybridized carbons (Fsp3) is 0.167. The van der Waals surface area contributed by atoms with Crippen LogP contribution in [0.4, 0.5) is 10.6 Å². The van der Waals surface area contributed by atoms with Crippen molar-refractivity contribution >= 4 is 28.8 Å². The highest BCUT2D eigenvalue weighted by atomic mass is 32.1. The van der Waals surface area contributed by atoms with Crippen molar-refractivity contribution in [3.05, 3.63) is 40.9 Å². The van der Waals surface area contributed by atoms with E-state index >= 15 is 0 Å². The second-order valence-corrected chi connectivity index (χ2v) is 4.84. The van der Waals surface area contributed by atoms with Crippen molar-refractivity contribution in [3.8, 4) is 0 Å². The lowest BCUT2D eigenvalue weighted by Crippen LogP contribution is -2.42. The quantitative estimate of drug-likeness (QED) is 0.898. The Hall–Kier alpha value is -2.08. The van der Waals surface area contributed by atoms with Crippen LogP contribution in [-0.4, -0.2) is 22.4 Å². The summed E-state index contributed by atoms with van der Waals surface area (Å²) in [6, 6.07) is 3.73. The summed E-state index contributed by atoms with van der Waals surface area (Å²) in [7, 11) is 1.83. The highest BCUT2D eigenvalue weighted by molar-refractivity contribution is 7.08. The summed E-state index contributed by atoms with van der Waals surface area (Å²) in [5.74, 6) is 0.663. The first-order chi connectivity index (χ1) is 8.74. The van der Waals surface area contributed by atoms with E-state index in [1.54, 1.807) is 27.1 Å². The number of aromatic nitrogens is 2. The minimum Gasteiger partial charge on any atom is -0.314 e. The number of urea groups is 1. The summed E-state index contributed by atoms with van der Waals surface area (Å²) >= 11 is 1.64. The molecule has 5 nitrogen and oxygen atoms in total. The lowest BCUT2D eigenvalue weighted by molar-refractivity contribution is 0.249. The summed E-state index contributed by atoms with van der Waals surface area (Å²) in [4.78, 5) is 13.5. The normalized spacial score (nSPS) is 15.5. The predicted molar refractivity (Wildman–Crippen MR) is 71.4 cm³/mol. The molecule has 0 radical (unpaired) electrons. The van der Waals surface area contributed by atoms with Gasteiger partial charge in [-0.15, -0.1) is 0 Å². The molecule has 2 amide bonds. The fourth-order valence-electron chi connectivity index (χ4n) is 1.87. The van der Waals surface area contributed by atoms with Gasteiger partial charge in [-0.1, -0.05) is 0 Å². The number of rotatable bonds is 2. The van der Waals surface area contributed by atoms with E-state index in [2.05, 4.69) is 15.8 Å². The molecule has 2 aromatic heterocycles. The molecule has 0 atom stereocenters. The molecule has 0 fully saturated rings. The number of aryl methyl sites for hydroxylation is 1. The molecule has 0 aromatic carbocycles. The maximum atomic E-state index is 11.8. The maximum Gasteiger partial charge on any atom is 0.327 e. The first-order valence-electron chi connectivity index (χ1n) is 5.53. The largest absolute Gasteiger partial charge is 0.327 e. The zero-order chi connectivity index (χ0) is 12.5. The average Bonchev–Trinajstić information content (AvgIpc) is 3.01. The van der Waals surface area contributed by atoms with Gasteiger partial charge in [0.05, 0.1) is 6.54 Å². The summed E-state index contributed by atoms with van der Waals surface area (Å²) < 4.78 is 1.69. The molecule has 0 bridgehead atoms. The monoisotopic (exact) mass is 260 g/mol. The zero-order valence-electron chi connectivity index (χ0n) is 9.83. The van der Waals surface area contributed by atoms with Crippen molar-refractivity contribution in [2.45, 2.75) is 0 Å². The average molecular weight is 260 g/mol. The second kappa shape index (κ2) is 4.30. The Morgan fingerprint density at radius 1 is 1.44 bits per heavy atom. The summed E-state index contributed by atoms with van der Waals surface area (Å²) in [5, 5.41) is 11.1. The van der Waals surface area contributed by atoms with E-state index in [4.69, 9.17) is 0 Å². The van der Waals surface area contributed by atoms with Crippen LogP contribution < -0.4 is 10.2 Å². The van der Waals surface area contributed by atoms with Crippen LogP contribution in [0.15, 0.2) is 35.3 Å². The molecule has 3 rings (SSSR count). The third kappa shape index (κ3) is 1.91. The summed E-state index contributed by atoms with van der Waals surface area (Å²) in [6.07, 6.45) is 3.59. The van der Waals surface area contributed by atoms with E-state index in [1.165, 1.54) is 0 Å². The van der Waals surface area contributed by atoms with Crippen LogP contribution in [0.3, 0.4) is 0 Å². The number of hydrogen-bond acceptors (Lipinski definition) is 3. The lowest BCUT2D eigenvalue weighted by Gasteiger charge is -2.25. The molecule has 0 aliphatic carbocycles. The van der Waals surface area contributed by atoms with Crippen molar-refractivity contribution < 1.29 is 4.79 Å². The van der Waals surface area contributed by atoms with Crippen LogP contribution in [0.1, 0.15) is 5.56 Å². The van der Waals surface area contributed by atoms with Crippen molar-refractivity contribution in [2.75, 3.05) is 11.4 Å². The summed E-state index contributed by atoms with van der Waals surface area (Å²) in [6.45, 7) is 0.541. The van der Waals surface area contributed by atoms with Crippen LogP contribution in [-0.2, 0) is 7.05 Å². The molecule has 1 aliphatic heterocycles. The lowest BCUT2D eigenvalue weighted by atomic mass is 10.1. The Morgan fingerprint density at radius 2 is 2.33 bits per heavy atom. The van der Waals surface area contributed by atoms with Gasteiger partial charge < -0.3 is 5.32 Å². The minimum atomic E-state index is -0.146. The van der Waals surface area contributed by atoms with Gasteiger partial charge in [-0.2, -0.15) is 16.4 Å². The van der Waals surface area contributed by atoms with Crippen molar-refractivity contribution in [1.82, 2.24) is 15.1 Å².